The second-order valence-electron chi connectivity index (χ2n) is 4.12. The molecule has 1 saturated heterocycles. The van der Waals surface area contributed by atoms with E-state index in [1.807, 2.05) is 30.3 Å². The van der Waals surface area contributed by atoms with Gasteiger partial charge in [0.2, 0.25) is 0 Å². The summed E-state index contributed by atoms with van der Waals surface area (Å²) in [5, 5.41) is 0. The van der Waals surface area contributed by atoms with Gasteiger partial charge in [0.15, 0.2) is 0 Å². The van der Waals surface area contributed by atoms with E-state index in [2.05, 4.69) is 12.2 Å². The van der Waals surface area contributed by atoms with Crippen molar-refractivity contribution in [3.63, 3.8) is 0 Å². The molecular formula is C13H13NO2. The standard InChI is InChI=1S/C13H13NO2/c15-13-14(10-6-2-1-3-7-10)11-8-4-5-9-12(11)16-13/h1-4,6-8,11-12H,5,9H2/t11-,12+/m1/s1. The molecule has 0 saturated carbocycles. The quantitative estimate of drug-likeness (QED) is 0.674. The molecule has 3 rings (SSSR count). The average molecular weight is 215 g/mol. The molecule has 0 spiro atoms. The van der Waals surface area contributed by atoms with E-state index >= 15 is 0 Å². The fourth-order valence-corrected chi connectivity index (χ4v) is 2.35. The van der Waals surface area contributed by atoms with E-state index in [1.54, 1.807) is 4.90 Å². The molecule has 0 aromatic heterocycles. The Hall–Kier alpha value is -1.77. The topological polar surface area (TPSA) is 29.5 Å². The van der Waals surface area contributed by atoms with E-state index < -0.39 is 0 Å². The van der Waals surface area contributed by atoms with Crippen molar-refractivity contribution in [3.05, 3.63) is 42.5 Å². The number of rotatable bonds is 1. The third-order valence-electron chi connectivity index (χ3n) is 3.11. The summed E-state index contributed by atoms with van der Waals surface area (Å²) in [6, 6.07) is 9.76. The maximum absolute atomic E-state index is 11.8. The second-order valence-corrected chi connectivity index (χ2v) is 4.12. The molecule has 1 heterocycles. The highest BCUT2D eigenvalue weighted by molar-refractivity contribution is 5.91. The summed E-state index contributed by atoms with van der Waals surface area (Å²) in [6.07, 6.45) is 5.92. The number of carbonyl (C=O) groups excluding carboxylic acids is 1. The van der Waals surface area contributed by atoms with Crippen LogP contribution in [0.3, 0.4) is 0 Å². The first-order chi connectivity index (χ1) is 7.86. The molecule has 1 aromatic rings. The van der Waals surface area contributed by atoms with Crippen molar-refractivity contribution in [1.82, 2.24) is 0 Å². The zero-order chi connectivity index (χ0) is 11.0. The van der Waals surface area contributed by atoms with E-state index in [0.717, 1.165) is 18.5 Å². The van der Waals surface area contributed by atoms with Gasteiger partial charge in [-0.25, -0.2) is 4.79 Å². The van der Waals surface area contributed by atoms with Crippen molar-refractivity contribution in [2.75, 3.05) is 4.90 Å². The third kappa shape index (κ3) is 1.40. The van der Waals surface area contributed by atoms with E-state index in [-0.39, 0.29) is 18.2 Å². The molecule has 0 radical (unpaired) electrons. The van der Waals surface area contributed by atoms with E-state index in [4.69, 9.17) is 4.74 Å². The van der Waals surface area contributed by atoms with E-state index in [9.17, 15) is 4.79 Å². The maximum atomic E-state index is 11.8. The Balaban J connectivity index is 1.97. The second kappa shape index (κ2) is 3.67. The van der Waals surface area contributed by atoms with Crippen LogP contribution in [0.25, 0.3) is 0 Å². The first-order valence-electron chi connectivity index (χ1n) is 5.58. The highest BCUT2D eigenvalue weighted by Crippen LogP contribution is 2.31. The van der Waals surface area contributed by atoms with Crippen LogP contribution in [0.2, 0.25) is 0 Å². The molecule has 1 amide bonds. The van der Waals surface area contributed by atoms with Crippen molar-refractivity contribution in [2.45, 2.75) is 25.0 Å². The zero-order valence-electron chi connectivity index (χ0n) is 8.87. The van der Waals surface area contributed by atoms with Crippen molar-refractivity contribution in [1.29, 1.82) is 0 Å². The number of benzene rings is 1. The largest absolute Gasteiger partial charge is 0.443 e. The summed E-state index contributed by atoms with van der Waals surface area (Å²) >= 11 is 0. The fourth-order valence-electron chi connectivity index (χ4n) is 2.35. The van der Waals surface area contributed by atoms with Gasteiger partial charge in [-0.1, -0.05) is 30.4 Å². The molecule has 2 aliphatic rings. The molecule has 0 bridgehead atoms. The maximum Gasteiger partial charge on any atom is 0.415 e. The van der Waals surface area contributed by atoms with Gasteiger partial charge < -0.3 is 4.74 Å². The molecule has 2 atom stereocenters. The molecule has 1 fully saturated rings. The van der Waals surface area contributed by atoms with Gasteiger partial charge in [0, 0.05) is 5.69 Å². The van der Waals surface area contributed by atoms with Crippen LogP contribution in [-0.4, -0.2) is 18.2 Å². The lowest BCUT2D eigenvalue weighted by molar-refractivity contribution is 0.129. The SMILES string of the molecule is O=C1O[C@H]2CCC=C[C@H]2N1c1ccccc1. The van der Waals surface area contributed by atoms with E-state index in [0.29, 0.717) is 0 Å². The molecule has 1 aromatic carbocycles. The first kappa shape index (κ1) is 9.46. The number of hydrogen-bond donors (Lipinski definition) is 0. The van der Waals surface area contributed by atoms with Gasteiger partial charge in [-0.05, 0) is 25.0 Å². The van der Waals surface area contributed by atoms with Gasteiger partial charge in [0.25, 0.3) is 0 Å². The molecule has 1 aliphatic carbocycles. The normalized spacial score (nSPS) is 27.8. The molecule has 3 nitrogen and oxygen atoms in total. The van der Waals surface area contributed by atoms with Crippen molar-refractivity contribution < 1.29 is 9.53 Å². The Morgan fingerprint density at radius 2 is 2.06 bits per heavy atom. The van der Waals surface area contributed by atoms with Crippen LogP contribution in [0.1, 0.15) is 12.8 Å². The Bertz CT molecular complexity index is 427. The van der Waals surface area contributed by atoms with Crippen LogP contribution in [0.15, 0.2) is 42.5 Å². The number of para-hydroxylation sites is 1. The van der Waals surface area contributed by atoms with Gasteiger partial charge in [-0.3, -0.25) is 4.90 Å². The number of allylic oxidation sites excluding steroid dienone is 1. The smallest absolute Gasteiger partial charge is 0.415 e. The lowest BCUT2D eigenvalue weighted by Crippen LogP contribution is -2.36. The van der Waals surface area contributed by atoms with Crippen LogP contribution >= 0.6 is 0 Å². The van der Waals surface area contributed by atoms with Crippen LogP contribution in [0.5, 0.6) is 0 Å². The number of ether oxygens (including phenoxy) is 1. The number of anilines is 1. The van der Waals surface area contributed by atoms with Crippen LogP contribution in [0, 0.1) is 0 Å². The summed E-state index contributed by atoms with van der Waals surface area (Å²) in [7, 11) is 0. The fraction of sp³-hybridized carbons (Fsp3) is 0.308. The third-order valence-corrected chi connectivity index (χ3v) is 3.11. The van der Waals surface area contributed by atoms with Gasteiger partial charge in [0.05, 0.1) is 6.04 Å². The molecule has 0 unspecified atom stereocenters. The van der Waals surface area contributed by atoms with Gasteiger partial charge in [-0.2, -0.15) is 0 Å². The Kier molecular flexibility index (Phi) is 2.17. The molecule has 82 valence electrons. The van der Waals surface area contributed by atoms with Crippen molar-refractivity contribution in [2.24, 2.45) is 0 Å². The van der Waals surface area contributed by atoms with Crippen LogP contribution in [0.4, 0.5) is 10.5 Å². The minimum atomic E-state index is -0.229. The predicted octanol–water partition coefficient (Wildman–Crippen LogP) is 2.73. The summed E-state index contributed by atoms with van der Waals surface area (Å²) < 4.78 is 5.37. The van der Waals surface area contributed by atoms with Gasteiger partial charge >= 0.3 is 6.09 Å². The first-order valence-corrected chi connectivity index (χ1v) is 5.58. The van der Waals surface area contributed by atoms with Crippen molar-refractivity contribution in [3.8, 4) is 0 Å². The average Bonchev–Trinajstić information content (AvgIpc) is 2.66. The number of carbonyl (C=O) groups is 1. The number of hydrogen-bond acceptors (Lipinski definition) is 2. The Morgan fingerprint density at radius 3 is 2.88 bits per heavy atom. The molecule has 3 heteroatoms. The molecule has 16 heavy (non-hydrogen) atoms. The minimum absolute atomic E-state index is 0.0257. The molecule has 1 aliphatic heterocycles. The highest BCUT2D eigenvalue weighted by atomic mass is 16.6. The van der Waals surface area contributed by atoms with Gasteiger partial charge in [-0.15, -0.1) is 0 Å². The Labute approximate surface area is 94.3 Å². The monoisotopic (exact) mass is 215 g/mol. The Morgan fingerprint density at radius 1 is 1.25 bits per heavy atom. The summed E-state index contributed by atoms with van der Waals surface area (Å²) in [5.41, 5.74) is 0.909. The molecular weight excluding hydrogens is 202 g/mol. The minimum Gasteiger partial charge on any atom is -0.443 e. The number of amides is 1. The summed E-state index contributed by atoms with van der Waals surface area (Å²) in [6.45, 7) is 0. The summed E-state index contributed by atoms with van der Waals surface area (Å²) in [4.78, 5) is 13.5. The highest BCUT2D eigenvalue weighted by Gasteiger charge is 2.41. The predicted molar refractivity (Wildman–Crippen MR) is 61.4 cm³/mol. The lowest BCUT2D eigenvalue weighted by atomic mass is 9.99. The molecule has 0 N–H and O–H groups in total. The van der Waals surface area contributed by atoms with Crippen molar-refractivity contribution >= 4 is 11.8 Å². The van der Waals surface area contributed by atoms with E-state index in [1.165, 1.54) is 0 Å². The zero-order valence-corrected chi connectivity index (χ0v) is 8.87. The van der Waals surface area contributed by atoms with Crippen LogP contribution in [-0.2, 0) is 4.74 Å². The summed E-state index contributed by atoms with van der Waals surface area (Å²) in [5.74, 6) is 0. The number of fused-ring (bicyclic) bond motifs is 1. The van der Waals surface area contributed by atoms with Crippen LogP contribution < -0.4 is 4.90 Å². The van der Waals surface area contributed by atoms with Gasteiger partial charge in [0.1, 0.15) is 6.10 Å². The number of nitrogens with zero attached hydrogens (tertiary/aromatic N) is 1. The lowest BCUT2D eigenvalue weighted by Gasteiger charge is -2.23.